The Balaban J connectivity index is 1.94. The molecule has 0 bridgehead atoms. The number of likely N-dealkylation sites (N-methyl/N-ethyl adjacent to an activating group) is 3. The van der Waals surface area contributed by atoms with Gasteiger partial charge in [0.05, 0.1) is 23.9 Å². The number of cyclic esters (lactones) is 1. The standard InChI is InChI=1S/C32H60N4O7/c1-21-17-32(6,40-11)28(43-29-26(37)25(33(7)8)16-22(2)42-29)23(3)27(38)31(4,5)30(39)41-20-24(35(10)18-21)19-36-14-12-34(9)13-15-36/h21-26,28-29,37H,12-20H2,1-11H3/t21-,22-,23+,24-,25+,26-,28-,29+,32-/m1/s1. The molecular weight excluding hydrogens is 552 g/mol. The zero-order valence-corrected chi connectivity index (χ0v) is 28.7. The van der Waals surface area contributed by atoms with Gasteiger partial charge in [-0.25, -0.2) is 0 Å². The highest BCUT2D eigenvalue weighted by Gasteiger charge is 2.51. The molecule has 3 saturated heterocycles. The van der Waals surface area contributed by atoms with Gasteiger partial charge in [-0.2, -0.15) is 0 Å². The van der Waals surface area contributed by atoms with Gasteiger partial charge in [0.1, 0.15) is 18.1 Å². The molecule has 1 N–H and O–H groups in total. The summed E-state index contributed by atoms with van der Waals surface area (Å²) in [6.45, 7) is 16.8. The maximum atomic E-state index is 14.2. The molecule has 9 atom stereocenters. The van der Waals surface area contributed by atoms with E-state index in [1.165, 1.54) is 0 Å². The third-order valence-electron chi connectivity index (χ3n) is 10.1. The second-order valence-electron chi connectivity index (χ2n) is 14.5. The number of Topliss-reactive ketones (excluding diaryl/α,β-unsaturated/α-hetero) is 1. The van der Waals surface area contributed by atoms with Gasteiger partial charge >= 0.3 is 5.97 Å². The van der Waals surface area contributed by atoms with E-state index in [4.69, 9.17) is 18.9 Å². The molecule has 3 fully saturated rings. The Morgan fingerprint density at radius 3 is 2.26 bits per heavy atom. The van der Waals surface area contributed by atoms with Crippen LogP contribution in [0.25, 0.3) is 0 Å². The SMILES string of the molecule is CO[C@]1(C)C[C@@H](C)CN(C)[C@H](CN2CCN(C)CC2)COC(=O)C(C)(C)C(=O)[C@H](C)[C@H]1O[C@@H]1O[C@H](C)C[C@H](N(C)C)[C@H]1O. The summed E-state index contributed by atoms with van der Waals surface area (Å²) in [5, 5.41) is 11.3. The summed E-state index contributed by atoms with van der Waals surface area (Å²) in [6.07, 6.45) is -1.56. The molecule has 250 valence electrons. The number of hydrogen-bond donors (Lipinski definition) is 1. The molecule has 0 aromatic rings. The van der Waals surface area contributed by atoms with Gasteiger partial charge in [-0.3, -0.25) is 19.4 Å². The summed E-state index contributed by atoms with van der Waals surface area (Å²) in [4.78, 5) is 36.7. The Hall–Kier alpha value is -1.18. The predicted molar refractivity (Wildman–Crippen MR) is 166 cm³/mol. The van der Waals surface area contributed by atoms with Crippen molar-refractivity contribution in [2.45, 2.75) is 96.7 Å². The van der Waals surface area contributed by atoms with Crippen LogP contribution in [0.1, 0.15) is 54.4 Å². The average molecular weight is 613 g/mol. The molecule has 11 nitrogen and oxygen atoms in total. The second-order valence-corrected chi connectivity index (χ2v) is 14.5. The molecule has 0 aliphatic carbocycles. The molecule has 0 amide bonds. The molecule has 3 aliphatic heterocycles. The molecule has 3 aliphatic rings. The van der Waals surface area contributed by atoms with Gasteiger partial charge in [0.25, 0.3) is 0 Å². The number of ketones is 1. The summed E-state index contributed by atoms with van der Waals surface area (Å²) in [6, 6.07) is -0.186. The number of carbonyl (C=O) groups excluding carboxylic acids is 2. The molecule has 0 saturated carbocycles. The topological polar surface area (TPSA) is 104 Å². The molecular formula is C32H60N4O7. The van der Waals surface area contributed by atoms with Crippen molar-refractivity contribution < 1.29 is 33.6 Å². The van der Waals surface area contributed by atoms with Crippen LogP contribution in [0.15, 0.2) is 0 Å². The Labute approximate surface area is 260 Å². The minimum Gasteiger partial charge on any atom is -0.463 e. The predicted octanol–water partition coefficient (Wildman–Crippen LogP) is 1.56. The van der Waals surface area contributed by atoms with Crippen LogP contribution >= 0.6 is 0 Å². The van der Waals surface area contributed by atoms with Crippen LogP contribution in [-0.2, 0) is 28.5 Å². The van der Waals surface area contributed by atoms with Crippen LogP contribution in [0.5, 0.6) is 0 Å². The number of piperazine rings is 1. The zero-order valence-electron chi connectivity index (χ0n) is 28.7. The average Bonchev–Trinajstić information content (AvgIpc) is 2.94. The first-order chi connectivity index (χ1) is 20.0. The van der Waals surface area contributed by atoms with Crippen LogP contribution in [-0.4, -0.2) is 160 Å². The minimum atomic E-state index is -1.40. The maximum absolute atomic E-state index is 14.2. The number of aliphatic hydroxyl groups is 1. The first-order valence-corrected chi connectivity index (χ1v) is 16.0. The number of hydrogen-bond acceptors (Lipinski definition) is 11. The van der Waals surface area contributed by atoms with E-state index in [1.54, 1.807) is 27.9 Å². The summed E-state index contributed by atoms with van der Waals surface area (Å²) in [5.74, 6) is -1.41. The first kappa shape index (κ1) is 36.3. The second kappa shape index (κ2) is 14.9. The summed E-state index contributed by atoms with van der Waals surface area (Å²) < 4.78 is 24.9. The number of ether oxygens (including phenoxy) is 4. The molecule has 0 unspecified atom stereocenters. The van der Waals surface area contributed by atoms with E-state index in [0.717, 1.165) is 39.3 Å². The van der Waals surface area contributed by atoms with Crippen molar-refractivity contribution in [1.29, 1.82) is 0 Å². The van der Waals surface area contributed by atoms with Gasteiger partial charge in [0.15, 0.2) is 12.1 Å². The van der Waals surface area contributed by atoms with E-state index < -0.39 is 41.4 Å². The van der Waals surface area contributed by atoms with Crippen LogP contribution in [0, 0.1) is 17.3 Å². The quantitative estimate of drug-likeness (QED) is 0.349. The smallest absolute Gasteiger partial charge is 0.319 e. The van der Waals surface area contributed by atoms with Gasteiger partial charge < -0.3 is 33.9 Å². The van der Waals surface area contributed by atoms with E-state index in [1.807, 2.05) is 32.8 Å². The van der Waals surface area contributed by atoms with Gasteiger partial charge in [0, 0.05) is 58.3 Å². The lowest BCUT2D eigenvalue weighted by Gasteiger charge is -2.47. The number of rotatable bonds is 6. The maximum Gasteiger partial charge on any atom is 0.319 e. The lowest BCUT2D eigenvalue weighted by atomic mass is 9.74. The fourth-order valence-corrected chi connectivity index (χ4v) is 7.11. The fourth-order valence-electron chi connectivity index (χ4n) is 7.11. The van der Waals surface area contributed by atoms with Crippen LogP contribution < -0.4 is 0 Å². The van der Waals surface area contributed by atoms with Crippen LogP contribution in [0.3, 0.4) is 0 Å². The molecule has 43 heavy (non-hydrogen) atoms. The first-order valence-electron chi connectivity index (χ1n) is 16.0. The van der Waals surface area contributed by atoms with E-state index >= 15 is 0 Å². The molecule has 0 spiro atoms. The van der Waals surface area contributed by atoms with Crippen molar-refractivity contribution >= 4 is 11.8 Å². The summed E-state index contributed by atoms with van der Waals surface area (Å²) in [7, 11) is 9.71. The number of carbonyl (C=O) groups is 2. The van der Waals surface area contributed by atoms with Crippen molar-refractivity contribution in [3.05, 3.63) is 0 Å². The molecule has 0 aromatic heterocycles. The van der Waals surface area contributed by atoms with E-state index in [2.05, 4.69) is 35.7 Å². The summed E-state index contributed by atoms with van der Waals surface area (Å²) in [5.41, 5.74) is -2.31. The van der Waals surface area contributed by atoms with Crippen LogP contribution in [0.4, 0.5) is 0 Å². The van der Waals surface area contributed by atoms with Crippen molar-refractivity contribution in [1.82, 2.24) is 19.6 Å². The van der Waals surface area contributed by atoms with E-state index in [-0.39, 0.29) is 36.5 Å². The van der Waals surface area contributed by atoms with Crippen molar-refractivity contribution in [2.75, 3.05) is 81.2 Å². The minimum absolute atomic E-state index is 0.0185. The highest BCUT2D eigenvalue weighted by molar-refractivity contribution is 6.04. The summed E-state index contributed by atoms with van der Waals surface area (Å²) >= 11 is 0. The lowest BCUT2D eigenvalue weighted by Crippen LogP contribution is -2.59. The third-order valence-corrected chi connectivity index (χ3v) is 10.1. The van der Waals surface area contributed by atoms with Gasteiger partial charge in [0.2, 0.25) is 0 Å². The van der Waals surface area contributed by atoms with Gasteiger partial charge in [-0.05, 0) is 74.6 Å². The normalized spacial score (nSPS) is 40.0. The Morgan fingerprint density at radius 2 is 1.67 bits per heavy atom. The molecule has 3 heterocycles. The fraction of sp³-hybridized carbons (Fsp3) is 0.938. The Bertz CT molecular complexity index is 927. The third kappa shape index (κ3) is 8.76. The zero-order chi connectivity index (χ0) is 32.3. The van der Waals surface area contributed by atoms with Crippen molar-refractivity contribution in [3.8, 4) is 0 Å². The number of aliphatic hydroxyl groups excluding tert-OH is 1. The Kier molecular flexibility index (Phi) is 12.6. The van der Waals surface area contributed by atoms with Gasteiger partial charge in [-0.15, -0.1) is 0 Å². The lowest BCUT2D eigenvalue weighted by molar-refractivity contribution is -0.295. The largest absolute Gasteiger partial charge is 0.463 e. The van der Waals surface area contributed by atoms with Crippen LogP contribution in [0.2, 0.25) is 0 Å². The Morgan fingerprint density at radius 1 is 1.05 bits per heavy atom. The highest BCUT2D eigenvalue weighted by atomic mass is 16.7. The molecule has 11 heteroatoms. The monoisotopic (exact) mass is 612 g/mol. The van der Waals surface area contributed by atoms with E-state index in [9.17, 15) is 14.7 Å². The number of esters is 1. The molecule has 3 rings (SSSR count). The van der Waals surface area contributed by atoms with Gasteiger partial charge in [-0.1, -0.05) is 13.8 Å². The van der Waals surface area contributed by atoms with Crippen molar-refractivity contribution in [3.63, 3.8) is 0 Å². The number of methoxy groups -OCH3 is 1. The number of nitrogens with zero attached hydrogens (tertiary/aromatic N) is 4. The molecule has 0 radical (unpaired) electrons. The highest BCUT2D eigenvalue weighted by Crippen LogP contribution is 2.38. The van der Waals surface area contributed by atoms with Crippen molar-refractivity contribution in [2.24, 2.45) is 17.3 Å². The van der Waals surface area contributed by atoms with E-state index in [0.29, 0.717) is 12.8 Å². The molecule has 0 aromatic carbocycles.